The third-order valence-corrected chi connectivity index (χ3v) is 5.66. The Labute approximate surface area is 209 Å². The molecular weight excluding hydrogens is 462 g/mol. The third-order valence-electron chi connectivity index (χ3n) is 5.66. The van der Waals surface area contributed by atoms with Gasteiger partial charge < -0.3 is 23.4 Å². The monoisotopic (exact) mass is 491 g/mol. The van der Waals surface area contributed by atoms with Crippen LogP contribution in [0.2, 0.25) is 0 Å². The number of ether oxygens (including phenoxy) is 2. The van der Waals surface area contributed by atoms with E-state index in [1.807, 2.05) is 37.3 Å². The van der Waals surface area contributed by atoms with Crippen molar-refractivity contribution < 1.29 is 28.2 Å². The number of aromatic nitrogens is 2. The van der Waals surface area contributed by atoms with Gasteiger partial charge >= 0.3 is 5.97 Å². The minimum atomic E-state index is -1.38. The third kappa shape index (κ3) is 5.92. The van der Waals surface area contributed by atoms with Gasteiger partial charge in [-0.05, 0) is 51.1 Å². The van der Waals surface area contributed by atoms with Gasteiger partial charge in [0.05, 0.1) is 25.5 Å². The Bertz CT molecular complexity index is 1300. The van der Waals surface area contributed by atoms with E-state index >= 15 is 0 Å². The molecule has 0 radical (unpaired) electrons. The van der Waals surface area contributed by atoms with E-state index in [-0.39, 0.29) is 0 Å². The molecular formula is C27H29N3O6. The molecule has 2 aromatic heterocycles. The van der Waals surface area contributed by atoms with Gasteiger partial charge in [0, 0.05) is 24.2 Å². The largest absolute Gasteiger partial charge is 0.496 e. The lowest BCUT2D eigenvalue weighted by molar-refractivity contribution is -0.152. The fourth-order valence-corrected chi connectivity index (χ4v) is 3.70. The summed E-state index contributed by atoms with van der Waals surface area (Å²) >= 11 is 0. The fraction of sp³-hybridized carbons (Fsp3) is 0.296. The number of aliphatic carboxylic acids is 1. The number of hydrogen-bond donors (Lipinski definition) is 1. The first-order chi connectivity index (χ1) is 17.2. The molecule has 1 N–H and O–H groups in total. The van der Waals surface area contributed by atoms with Crippen LogP contribution in [0, 0.1) is 6.92 Å². The molecule has 0 aliphatic carbocycles. The fourth-order valence-electron chi connectivity index (χ4n) is 3.70. The first-order valence-corrected chi connectivity index (χ1v) is 11.5. The molecule has 0 spiro atoms. The molecule has 2 heterocycles. The van der Waals surface area contributed by atoms with Crippen LogP contribution in [0.4, 0.5) is 0 Å². The van der Waals surface area contributed by atoms with Gasteiger partial charge in [0.2, 0.25) is 11.8 Å². The standard InChI is InChI=1S/C27H29N3O6/c1-18-22(29-25(35-18)19-8-6-5-7-9-19)16-30(17-24-28-12-13-34-24)15-20-14-21(10-11-23(20)33-4)36-27(2,3)26(31)32/h5-14H,15-17H2,1-4H3,(H,31,32). The van der Waals surface area contributed by atoms with Crippen LogP contribution in [0.3, 0.4) is 0 Å². The van der Waals surface area contributed by atoms with Gasteiger partial charge in [-0.3, -0.25) is 4.90 Å². The summed E-state index contributed by atoms with van der Waals surface area (Å²) < 4.78 is 22.8. The molecule has 2 aromatic carbocycles. The van der Waals surface area contributed by atoms with Crippen LogP contribution in [-0.2, 0) is 24.4 Å². The minimum absolute atomic E-state index is 0.412. The first kappa shape index (κ1) is 25.0. The van der Waals surface area contributed by atoms with Crippen molar-refractivity contribution in [1.29, 1.82) is 0 Å². The van der Waals surface area contributed by atoms with Crippen molar-refractivity contribution >= 4 is 5.97 Å². The zero-order valence-electron chi connectivity index (χ0n) is 20.7. The highest BCUT2D eigenvalue weighted by Crippen LogP contribution is 2.29. The Kier molecular flexibility index (Phi) is 7.40. The molecule has 36 heavy (non-hydrogen) atoms. The summed E-state index contributed by atoms with van der Waals surface area (Å²) in [4.78, 5) is 22.6. The maximum atomic E-state index is 11.5. The lowest BCUT2D eigenvalue weighted by Crippen LogP contribution is -2.37. The number of nitrogens with zero attached hydrogens (tertiary/aromatic N) is 3. The van der Waals surface area contributed by atoms with Crippen LogP contribution in [0.15, 0.2) is 69.8 Å². The van der Waals surface area contributed by atoms with Gasteiger partial charge in [-0.15, -0.1) is 0 Å². The van der Waals surface area contributed by atoms with Crippen LogP contribution < -0.4 is 9.47 Å². The number of carboxylic acids is 1. The lowest BCUT2D eigenvalue weighted by atomic mass is 10.1. The maximum absolute atomic E-state index is 11.5. The number of oxazole rings is 2. The minimum Gasteiger partial charge on any atom is -0.496 e. The van der Waals surface area contributed by atoms with Crippen molar-refractivity contribution in [2.45, 2.75) is 46.0 Å². The lowest BCUT2D eigenvalue weighted by Gasteiger charge is -2.24. The van der Waals surface area contributed by atoms with E-state index in [1.54, 1.807) is 31.5 Å². The smallest absolute Gasteiger partial charge is 0.347 e. The van der Waals surface area contributed by atoms with Crippen molar-refractivity contribution in [3.63, 3.8) is 0 Å². The summed E-state index contributed by atoms with van der Waals surface area (Å²) in [5.74, 6) is 1.86. The van der Waals surface area contributed by atoms with Crippen LogP contribution >= 0.6 is 0 Å². The van der Waals surface area contributed by atoms with Crippen molar-refractivity contribution in [3.8, 4) is 23.0 Å². The first-order valence-electron chi connectivity index (χ1n) is 11.5. The Morgan fingerprint density at radius 3 is 2.56 bits per heavy atom. The molecule has 9 nitrogen and oxygen atoms in total. The molecule has 0 unspecified atom stereocenters. The second kappa shape index (κ2) is 10.7. The van der Waals surface area contributed by atoms with Crippen molar-refractivity contribution in [1.82, 2.24) is 14.9 Å². The van der Waals surface area contributed by atoms with E-state index in [0.717, 1.165) is 22.6 Å². The van der Waals surface area contributed by atoms with E-state index in [9.17, 15) is 9.90 Å². The van der Waals surface area contributed by atoms with Crippen molar-refractivity contribution in [2.75, 3.05) is 7.11 Å². The highest BCUT2D eigenvalue weighted by Gasteiger charge is 2.29. The SMILES string of the molecule is COc1ccc(OC(C)(C)C(=O)O)cc1CN(Cc1ncco1)Cc1nc(-c2ccccc2)oc1C. The summed E-state index contributed by atoms with van der Waals surface area (Å²) in [5.41, 5.74) is 1.12. The Balaban J connectivity index is 1.62. The molecule has 0 aliphatic heterocycles. The highest BCUT2D eigenvalue weighted by atomic mass is 16.5. The Hall–Kier alpha value is -4.11. The van der Waals surface area contributed by atoms with Crippen LogP contribution in [0.1, 0.15) is 36.8 Å². The Morgan fingerprint density at radius 1 is 1.11 bits per heavy atom. The summed E-state index contributed by atoms with van der Waals surface area (Å²) in [5, 5.41) is 9.45. The average Bonchev–Trinajstić information content (AvgIpc) is 3.49. The number of benzene rings is 2. The molecule has 0 amide bonds. The average molecular weight is 492 g/mol. The van der Waals surface area contributed by atoms with Crippen molar-refractivity contribution in [3.05, 3.63) is 83.9 Å². The van der Waals surface area contributed by atoms with E-state index in [4.69, 9.17) is 23.3 Å². The number of aryl methyl sites for hydroxylation is 1. The number of rotatable bonds is 11. The molecule has 4 rings (SSSR count). The molecule has 0 saturated heterocycles. The number of carboxylic acid groups (broad SMARTS) is 1. The highest BCUT2D eigenvalue weighted by molar-refractivity contribution is 5.76. The van der Waals surface area contributed by atoms with Crippen LogP contribution in [0.5, 0.6) is 11.5 Å². The number of carbonyl (C=O) groups is 1. The molecule has 4 aromatic rings. The Morgan fingerprint density at radius 2 is 1.89 bits per heavy atom. The zero-order chi connectivity index (χ0) is 25.7. The van der Waals surface area contributed by atoms with Gasteiger partial charge in [-0.25, -0.2) is 14.8 Å². The summed E-state index contributed by atoms with van der Waals surface area (Å²) in [6, 6.07) is 15.0. The molecule has 0 atom stereocenters. The van der Waals surface area contributed by atoms with Gasteiger partial charge in [0.15, 0.2) is 5.60 Å². The van der Waals surface area contributed by atoms with E-state index in [2.05, 4.69) is 9.88 Å². The summed E-state index contributed by atoms with van der Waals surface area (Å²) in [6.07, 6.45) is 3.14. The number of hydrogen-bond acceptors (Lipinski definition) is 8. The molecule has 9 heteroatoms. The van der Waals surface area contributed by atoms with Gasteiger partial charge in [-0.2, -0.15) is 0 Å². The normalized spacial score (nSPS) is 11.6. The predicted molar refractivity (Wildman–Crippen MR) is 131 cm³/mol. The second-order valence-electron chi connectivity index (χ2n) is 8.85. The molecule has 0 fully saturated rings. The molecule has 0 aliphatic rings. The molecule has 0 bridgehead atoms. The van der Waals surface area contributed by atoms with Crippen LogP contribution in [0.25, 0.3) is 11.5 Å². The van der Waals surface area contributed by atoms with Gasteiger partial charge in [-0.1, -0.05) is 18.2 Å². The van der Waals surface area contributed by atoms with E-state index in [1.165, 1.54) is 20.1 Å². The molecule has 188 valence electrons. The molecule has 0 saturated carbocycles. The van der Waals surface area contributed by atoms with Crippen LogP contribution in [-0.4, -0.2) is 38.7 Å². The topological polar surface area (TPSA) is 111 Å². The quantitative estimate of drug-likeness (QED) is 0.307. The van der Waals surface area contributed by atoms with Crippen molar-refractivity contribution in [2.24, 2.45) is 0 Å². The van der Waals surface area contributed by atoms with Gasteiger partial charge in [0.25, 0.3) is 0 Å². The van der Waals surface area contributed by atoms with Gasteiger partial charge in [0.1, 0.15) is 23.5 Å². The number of methoxy groups -OCH3 is 1. The summed E-state index contributed by atoms with van der Waals surface area (Å²) in [6.45, 7) is 6.20. The predicted octanol–water partition coefficient (Wildman–Crippen LogP) is 5.09. The van der Waals surface area contributed by atoms with E-state index < -0.39 is 11.6 Å². The zero-order valence-corrected chi connectivity index (χ0v) is 20.7. The second-order valence-corrected chi connectivity index (χ2v) is 8.85. The maximum Gasteiger partial charge on any atom is 0.347 e. The summed E-state index contributed by atoms with van der Waals surface area (Å²) in [7, 11) is 1.59. The van der Waals surface area contributed by atoms with E-state index in [0.29, 0.717) is 42.9 Å².